The summed E-state index contributed by atoms with van der Waals surface area (Å²) in [6.07, 6.45) is 0. The van der Waals surface area contributed by atoms with E-state index < -0.39 is 37.3 Å². The molecule has 0 saturated carbocycles. The fourth-order valence-electron chi connectivity index (χ4n) is 0.375. The van der Waals surface area contributed by atoms with E-state index in [4.69, 9.17) is 13.7 Å². The van der Waals surface area contributed by atoms with Crippen molar-refractivity contribution in [1.29, 1.82) is 0 Å². The lowest BCUT2D eigenvalue weighted by molar-refractivity contribution is 0.0737. The van der Waals surface area contributed by atoms with Crippen LogP contribution in [-0.2, 0) is 0 Å². The predicted molar refractivity (Wildman–Crippen MR) is 48.1 cm³/mol. The van der Waals surface area contributed by atoms with Gasteiger partial charge in [-0.05, 0) is 16.7 Å². The van der Waals surface area contributed by atoms with Gasteiger partial charge in [0.15, 0.2) is 0 Å². The third-order valence-electron chi connectivity index (χ3n) is 2.19. The van der Waals surface area contributed by atoms with Crippen molar-refractivity contribution in [3.05, 3.63) is 0 Å². The van der Waals surface area contributed by atoms with Crippen LogP contribution in [0.25, 0.3) is 0 Å². The topological polar surface area (TPSA) is 0 Å². The average molecular weight is 152 g/mol. The number of hydrogen-bond donors (Lipinski definition) is 0. The van der Waals surface area contributed by atoms with Gasteiger partial charge in [-0.3, -0.25) is 0 Å². The summed E-state index contributed by atoms with van der Waals surface area (Å²) in [7, 11) is 0. The fourth-order valence-corrected chi connectivity index (χ4v) is 0.375. The van der Waals surface area contributed by atoms with E-state index in [0.717, 1.165) is 13.8 Å². The van der Waals surface area contributed by atoms with Crippen LogP contribution in [0.2, 0.25) is 0 Å². The molecule has 0 aromatic heterocycles. The molecule has 0 saturated heterocycles. The Bertz CT molecular complexity index is 340. The van der Waals surface area contributed by atoms with Crippen LogP contribution in [0, 0.1) is 16.7 Å². The smallest absolute Gasteiger partial charge is 0.0303 e. The first-order valence-corrected chi connectivity index (χ1v) is 3.25. The Kier molecular flexibility index (Phi) is 0.574. The molecule has 0 N–H and O–H groups in total. The van der Waals surface area contributed by atoms with E-state index in [1.54, 1.807) is 0 Å². The van der Waals surface area contributed by atoms with Crippen molar-refractivity contribution in [2.24, 2.45) is 16.7 Å². The van der Waals surface area contributed by atoms with E-state index in [0.29, 0.717) is 0 Å². The van der Waals surface area contributed by atoms with E-state index in [1.165, 1.54) is 13.8 Å². The zero-order valence-electron chi connectivity index (χ0n) is 17.0. The van der Waals surface area contributed by atoms with Gasteiger partial charge in [0.25, 0.3) is 0 Å². The lowest BCUT2D eigenvalue weighted by Gasteiger charge is -2.42. The summed E-state index contributed by atoms with van der Waals surface area (Å²) >= 11 is 0. The molecule has 0 heterocycles. The standard InChI is InChI=1S/C10H22/c1-8(2)10(6,7)9(3,4)5/h8H,1-7H3/i1D3,3D3,4D3,8D. The van der Waals surface area contributed by atoms with E-state index >= 15 is 0 Å². The largest absolute Gasteiger partial charge is 0.0622 e. The number of hydrogen-bond acceptors (Lipinski definition) is 0. The molecule has 10 heavy (non-hydrogen) atoms. The van der Waals surface area contributed by atoms with Crippen LogP contribution in [-0.4, -0.2) is 0 Å². The average Bonchev–Trinajstić information content (AvgIpc) is 2.10. The third kappa shape index (κ3) is 1.74. The molecule has 0 rings (SSSR count). The molecule has 0 heteroatoms. The molecule has 0 fully saturated rings. The zero-order valence-corrected chi connectivity index (χ0v) is 7.00. The van der Waals surface area contributed by atoms with Crippen molar-refractivity contribution < 1.29 is 13.7 Å². The van der Waals surface area contributed by atoms with Gasteiger partial charge in [-0.2, -0.15) is 0 Å². The first-order valence-electron chi connectivity index (χ1n) is 8.25. The second-order valence-corrected chi connectivity index (χ2v) is 3.38. The van der Waals surface area contributed by atoms with Crippen molar-refractivity contribution in [3.63, 3.8) is 0 Å². The van der Waals surface area contributed by atoms with E-state index in [-0.39, 0.29) is 0 Å². The van der Waals surface area contributed by atoms with Crippen molar-refractivity contribution in [2.75, 3.05) is 0 Å². The van der Waals surface area contributed by atoms with E-state index in [9.17, 15) is 0 Å². The Morgan fingerprint density at radius 2 is 1.80 bits per heavy atom. The molecule has 0 aromatic rings. The molecule has 0 spiro atoms. The van der Waals surface area contributed by atoms with Gasteiger partial charge in [-0.15, -0.1) is 0 Å². The summed E-state index contributed by atoms with van der Waals surface area (Å²) in [5.41, 5.74) is -4.15. The Hall–Kier alpha value is 0. The third-order valence-corrected chi connectivity index (χ3v) is 2.19. The van der Waals surface area contributed by atoms with Crippen LogP contribution >= 0.6 is 0 Å². The Morgan fingerprint density at radius 1 is 1.30 bits per heavy atom. The molecule has 0 aliphatic heterocycles. The predicted octanol–water partition coefficient (Wildman–Crippen LogP) is 3.71. The summed E-state index contributed by atoms with van der Waals surface area (Å²) in [4.78, 5) is 0. The zero-order chi connectivity index (χ0) is 17.0. The van der Waals surface area contributed by atoms with Crippen LogP contribution in [0.1, 0.15) is 62.0 Å². The van der Waals surface area contributed by atoms with Gasteiger partial charge < -0.3 is 0 Å². The summed E-state index contributed by atoms with van der Waals surface area (Å²) in [6.45, 7) is -4.14. The molecular weight excluding hydrogens is 120 g/mol. The first kappa shape index (κ1) is 2.24. The minimum absolute atomic E-state index is 1.02. The molecule has 0 radical (unpaired) electrons. The summed E-state index contributed by atoms with van der Waals surface area (Å²) in [5, 5.41) is 0. The number of rotatable bonds is 1. The van der Waals surface area contributed by atoms with Crippen LogP contribution in [0.15, 0.2) is 0 Å². The van der Waals surface area contributed by atoms with Crippen molar-refractivity contribution in [1.82, 2.24) is 0 Å². The maximum atomic E-state index is 8.13. The SMILES string of the molecule is [2H]C([2H])([2H])C([2H])(C)C(C)(C)C(C)(C([2H])([2H])[2H])C([2H])([2H])[2H]. The summed E-state index contributed by atoms with van der Waals surface area (Å²) < 4.78 is 76.0. The lowest BCUT2D eigenvalue weighted by Crippen LogP contribution is -2.34. The van der Waals surface area contributed by atoms with Gasteiger partial charge in [0.05, 0.1) is 0 Å². The molecular formula is C10H22. The van der Waals surface area contributed by atoms with Crippen molar-refractivity contribution in [2.45, 2.75) is 48.3 Å². The van der Waals surface area contributed by atoms with Gasteiger partial charge in [-0.25, -0.2) is 0 Å². The van der Waals surface area contributed by atoms with Crippen LogP contribution in [0.5, 0.6) is 0 Å². The maximum Gasteiger partial charge on any atom is 0.0303 e. The van der Waals surface area contributed by atoms with Crippen molar-refractivity contribution >= 4 is 0 Å². The first-order chi connectivity index (χ1) is 8.25. The Labute approximate surface area is 80.1 Å². The quantitative estimate of drug-likeness (QED) is 0.537. The molecule has 0 aromatic carbocycles. The molecule has 62 valence electrons. The Morgan fingerprint density at radius 3 is 2.10 bits per heavy atom. The second-order valence-electron chi connectivity index (χ2n) is 3.38. The lowest BCUT2D eigenvalue weighted by atomic mass is 9.63. The monoisotopic (exact) mass is 152 g/mol. The molecule has 0 nitrogen and oxygen atoms in total. The van der Waals surface area contributed by atoms with Gasteiger partial charge in [0.1, 0.15) is 0 Å². The van der Waals surface area contributed by atoms with Gasteiger partial charge in [-0.1, -0.05) is 48.3 Å². The fraction of sp³-hybridized carbons (Fsp3) is 1.00. The van der Waals surface area contributed by atoms with Crippen LogP contribution < -0.4 is 0 Å². The highest BCUT2D eigenvalue weighted by Gasteiger charge is 2.35. The summed E-state index contributed by atoms with van der Waals surface area (Å²) in [6, 6.07) is 0. The molecule has 0 amide bonds. The summed E-state index contributed by atoms with van der Waals surface area (Å²) in [5.74, 6) is -2.24. The van der Waals surface area contributed by atoms with Crippen molar-refractivity contribution in [3.8, 4) is 0 Å². The molecule has 1 atom stereocenters. The van der Waals surface area contributed by atoms with Gasteiger partial charge >= 0.3 is 0 Å². The van der Waals surface area contributed by atoms with Gasteiger partial charge in [0.2, 0.25) is 0 Å². The Balaban J connectivity index is 6.38. The highest BCUT2D eigenvalue weighted by molar-refractivity contribution is 4.84. The molecule has 1 unspecified atom stereocenters. The van der Waals surface area contributed by atoms with Gasteiger partial charge in [0, 0.05) is 13.7 Å². The van der Waals surface area contributed by atoms with Crippen LogP contribution in [0.4, 0.5) is 0 Å². The molecule has 0 bridgehead atoms. The second kappa shape index (κ2) is 2.56. The highest BCUT2D eigenvalue weighted by Crippen LogP contribution is 2.43. The van der Waals surface area contributed by atoms with E-state index in [2.05, 4.69) is 0 Å². The van der Waals surface area contributed by atoms with E-state index in [1.807, 2.05) is 0 Å². The maximum absolute atomic E-state index is 8.13. The van der Waals surface area contributed by atoms with Crippen LogP contribution in [0.3, 0.4) is 0 Å². The minimum Gasteiger partial charge on any atom is -0.0622 e. The molecule has 0 aliphatic rings. The normalized spacial score (nSPS) is 38.8. The minimum atomic E-state index is -2.94. The highest BCUT2D eigenvalue weighted by atomic mass is 14.4. The molecule has 0 aliphatic carbocycles.